The van der Waals surface area contributed by atoms with Gasteiger partial charge in [0.15, 0.2) is 0 Å². The van der Waals surface area contributed by atoms with Crippen molar-refractivity contribution < 1.29 is 24.4 Å². The summed E-state index contributed by atoms with van der Waals surface area (Å²) in [5, 5.41) is 22.3. The van der Waals surface area contributed by atoms with Gasteiger partial charge in [-0.25, -0.2) is 0 Å². The fraction of sp³-hybridized carbons (Fsp3) is 0.333. The van der Waals surface area contributed by atoms with Crippen LogP contribution in [0, 0.1) is 10.1 Å². The topological polar surface area (TPSA) is 113 Å². The fourth-order valence-electron chi connectivity index (χ4n) is 3.68. The standard InChI is InChI=1S/C24H27N3O6/c1-4-13-33-19-10-6-7-16(15-19)21-20(23(29)24(30)26(21)12-11-25(2)3)22(28)17-8-5-9-18(14-17)27(31)32/h5-10,14-15,21,28H,4,11-13H2,1-3H3/b22-20-. The number of ether oxygens (including phenoxy) is 1. The SMILES string of the molecule is CCCOc1cccc(C2/C(=C(/O)c3cccc([N+](=O)[O-])c3)C(=O)C(=O)N2CCN(C)C)c1. The van der Waals surface area contributed by atoms with Crippen LogP contribution in [0.15, 0.2) is 54.1 Å². The zero-order chi connectivity index (χ0) is 24.1. The van der Waals surface area contributed by atoms with E-state index in [0.717, 1.165) is 6.42 Å². The van der Waals surface area contributed by atoms with E-state index in [9.17, 15) is 24.8 Å². The zero-order valence-corrected chi connectivity index (χ0v) is 18.9. The Morgan fingerprint density at radius 2 is 1.91 bits per heavy atom. The number of non-ortho nitro benzene ring substituents is 1. The summed E-state index contributed by atoms with van der Waals surface area (Å²) >= 11 is 0. The number of aliphatic hydroxyl groups excluding tert-OH is 1. The van der Waals surface area contributed by atoms with Gasteiger partial charge in [-0.15, -0.1) is 0 Å². The van der Waals surface area contributed by atoms with Crippen LogP contribution in [0.5, 0.6) is 5.75 Å². The van der Waals surface area contributed by atoms with Gasteiger partial charge in [0.1, 0.15) is 11.5 Å². The number of amides is 1. The lowest BCUT2D eigenvalue weighted by Crippen LogP contribution is -2.35. The van der Waals surface area contributed by atoms with Crippen molar-refractivity contribution in [2.45, 2.75) is 19.4 Å². The first-order chi connectivity index (χ1) is 15.7. The number of ketones is 1. The molecule has 2 aromatic rings. The number of nitrogens with zero attached hydrogens (tertiary/aromatic N) is 3. The molecule has 1 aliphatic rings. The number of nitro benzene ring substituents is 1. The predicted molar refractivity (Wildman–Crippen MR) is 123 cm³/mol. The van der Waals surface area contributed by atoms with Crippen LogP contribution in [0.25, 0.3) is 5.76 Å². The highest BCUT2D eigenvalue weighted by atomic mass is 16.6. The highest BCUT2D eigenvalue weighted by Crippen LogP contribution is 2.40. The van der Waals surface area contributed by atoms with Crippen molar-refractivity contribution in [1.29, 1.82) is 0 Å². The zero-order valence-electron chi connectivity index (χ0n) is 18.9. The van der Waals surface area contributed by atoms with Crippen LogP contribution in [0.2, 0.25) is 0 Å². The molecule has 33 heavy (non-hydrogen) atoms. The quantitative estimate of drug-likeness (QED) is 0.204. The lowest BCUT2D eigenvalue weighted by molar-refractivity contribution is -0.384. The molecule has 0 spiro atoms. The van der Waals surface area contributed by atoms with Crippen molar-refractivity contribution >= 4 is 23.1 Å². The van der Waals surface area contributed by atoms with Crippen LogP contribution in [-0.4, -0.2) is 65.3 Å². The average Bonchev–Trinajstić information content (AvgIpc) is 3.06. The van der Waals surface area contributed by atoms with Crippen molar-refractivity contribution in [3.63, 3.8) is 0 Å². The third kappa shape index (κ3) is 5.20. The summed E-state index contributed by atoms with van der Waals surface area (Å²) in [6.45, 7) is 3.26. The largest absolute Gasteiger partial charge is 0.507 e. The van der Waals surface area contributed by atoms with E-state index in [1.54, 1.807) is 24.3 Å². The molecular weight excluding hydrogens is 426 g/mol. The number of rotatable bonds is 9. The number of benzene rings is 2. The molecule has 174 valence electrons. The molecule has 1 heterocycles. The lowest BCUT2D eigenvalue weighted by atomic mass is 9.95. The molecule has 3 rings (SSSR count). The van der Waals surface area contributed by atoms with Crippen molar-refractivity contribution in [2.24, 2.45) is 0 Å². The molecule has 1 atom stereocenters. The Kier molecular flexibility index (Phi) is 7.44. The third-order valence-electron chi connectivity index (χ3n) is 5.31. The summed E-state index contributed by atoms with van der Waals surface area (Å²) < 4.78 is 5.71. The van der Waals surface area contributed by atoms with E-state index in [0.29, 0.717) is 24.5 Å². The highest BCUT2D eigenvalue weighted by molar-refractivity contribution is 6.46. The molecule has 9 heteroatoms. The molecule has 0 aliphatic carbocycles. The molecule has 1 aliphatic heterocycles. The van der Waals surface area contributed by atoms with E-state index < -0.39 is 28.4 Å². The van der Waals surface area contributed by atoms with E-state index in [1.807, 2.05) is 25.9 Å². The van der Waals surface area contributed by atoms with Gasteiger partial charge in [-0.05, 0) is 38.2 Å². The maximum absolute atomic E-state index is 13.0. The Labute approximate surface area is 192 Å². The summed E-state index contributed by atoms with van der Waals surface area (Å²) in [6.07, 6.45) is 0.818. The molecule has 0 bridgehead atoms. The van der Waals surface area contributed by atoms with E-state index >= 15 is 0 Å². The normalized spacial score (nSPS) is 17.6. The van der Waals surface area contributed by atoms with Crippen LogP contribution in [0.4, 0.5) is 5.69 Å². The number of Topliss-reactive ketones (excluding diaryl/α,β-unsaturated/α-hetero) is 1. The molecule has 2 aromatic carbocycles. The summed E-state index contributed by atoms with van der Waals surface area (Å²) in [7, 11) is 3.71. The second-order valence-electron chi connectivity index (χ2n) is 8.02. The number of aliphatic hydroxyl groups is 1. The lowest BCUT2D eigenvalue weighted by Gasteiger charge is -2.27. The number of likely N-dealkylation sites (tertiary alicyclic amines) is 1. The molecule has 0 aromatic heterocycles. The fourth-order valence-corrected chi connectivity index (χ4v) is 3.68. The van der Waals surface area contributed by atoms with Crippen LogP contribution in [-0.2, 0) is 9.59 Å². The average molecular weight is 453 g/mol. The van der Waals surface area contributed by atoms with Crippen LogP contribution < -0.4 is 4.74 Å². The first kappa shape index (κ1) is 23.9. The molecule has 1 saturated heterocycles. The Morgan fingerprint density at radius 3 is 2.58 bits per heavy atom. The summed E-state index contributed by atoms with van der Waals surface area (Å²) in [4.78, 5) is 39.9. The minimum atomic E-state index is -0.852. The second kappa shape index (κ2) is 10.3. The minimum absolute atomic E-state index is 0.0956. The molecular formula is C24H27N3O6. The first-order valence-corrected chi connectivity index (χ1v) is 10.6. The Balaban J connectivity index is 2.15. The van der Waals surface area contributed by atoms with E-state index in [1.165, 1.54) is 29.2 Å². The number of likely N-dealkylation sites (N-methyl/N-ethyl adjacent to an activating group) is 1. The number of carbonyl (C=O) groups is 2. The van der Waals surface area contributed by atoms with Gasteiger partial charge in [0.25, 0.3) is 17.4 Å². The molecule has 1 amide bonds. The highest BCUT2D eigenvalue weighted by Gasteiger charge is 2.46. The van der Waals surface area contributed by atoms with Gasteiger partial charge < -0.3 is 19.6 Å². The number of carbonyl (C=O) groups excluding carboxylic acids is 2. The van der Waals surface area contributed by atoms with Crippen LogP contribution in [0.3, 0.4) is 0 Å². The van der Waals surface area contributed by atoms with Crippen molar-refractivity contribution in [3.8, 4) is 5.75 Å². The predicted octanol–water partition coefficient (Wildman–Crippen LogP) is 3.37. The number of nitro groups is 1. The smallest absolute Gasteiger partial charge is 0.295 e. The van der Waals surface area contributed by atoms with Gasteiger partial charge in [0, 0.05) is 30.8 Å². The Bertz CT molecular complexity index is 1100. The van der Waals surface area contributed by atoms with Crippen molar-refractivity contribution in [2.75, 3.05) is 33.8 Å². The van der Waals surface area contributed by atoms with E-state index in [-0.39, 0.29) is 23.4 Å². The number of hydrogen-bond donors (Lipinski definition) is 1. The van der Waals surface area contributed by atoms with Crippen LogP contribution >= 0.6 is 0 Å². The van der Waals surface area contributed by atoms with Gasteiger partial charge in [-0.3, -0.25) is 19.7 Å². The third-order valence-corrected chi connectivity index (χ3v) is 5.31. The number of hydrogen-bond acceptors (Lipinski definition) is 7. The Hall–Kier alpha value is -3.72. The Morgan fingerprint density at radius 1 is 1.18 bits per heavy atom. The molecule has 0 saturated carbocycles. The van der Waals surface area contributed by atoms with E-state index in [2.05, 4.69) is 0 Å². The maximum Gasteiger partial charge on any atom is 0.295 e. The molecule has 1 fully saturated rings. The summed E-state index contributed by atoms with van der Waals surface area (Å²) in [5.41, 5.74) is 0.367. The van der Waals surface area contributed by atoms with E-state index in [4.69, 9.17) is 4.74 Å². The first-order valence-electron chi connectivity index (χ1n) is 10.6. The molecule has 0 radical (unpaired) electrons. The van der Waals surface area contributed by atoms with Gasteiger partial charge in [-0.1, -0.05) is 31.2 Å². The second-order valence-corrected chi connectivity index (χ2v) is 8.02. The van der Waals surface area contributed by atoms with Gasteiger partial charge in [0.05, 0.1) is 23.1 Å². The monoisotopic (exact) mass is 453 g/mol. The van der Waals surface area contributed by atoms with Crippen molar-refractivity contribution in [1.82, 2.24) is 9.80 Å². The van der Waals surface area contributed by atoms with Crippen molar-refractivity contribution in [3.05, 3.63) is 75.3 Å². The van der Waals surface area contributed by atoms with Gasteiger partial charge in [0.2, 0.25) is 0 Å². The summed E-state index contributed by atoms with van der Waals surface area (Å²) in [5.74, 6) is -1.42. The minimum Gasteiger partial charge on any atom is -0.507 e. The molecule has 1 unspecified atom stereocenters. The summed E-state index contributed by atoms with van der Waals surface area (Å²) in [6, 6.07) is 11.6. The van der Waals surface area contributed by atoms with Crippen LogP contribution in [0.1, 0.15) is 30.5 Å². The molecule has 9 nitrogen and oxygen atoms in total. The van der Waals surface area contributed by atoms with Gasteiger partial charge in [-0.2, -0.15) is 0 Å². The molecule has 1 N–H and O–H groups in total. The maximum atomic E-state index is 13.0. The van der Waals surface area contributed by atoms with Gasteiger partial charge >= 0.3 is 0 Å².